The number of nitrogens with one attached hydrogen (secondary N) is 2. The molecule has 150 valence electrons. The monoisotopic (exact) mass is 394 g/mol. The van der Waals surface area contributed by atoms with Crippen LogP contribution in [0.25, 0.3) is 10.9 Å². The molecule has 8 heteroatoms. The topological polar surface area (TPSA) is 96.4 Å². The van der Waals surface area contributed by atoms with Crippen LogP contribution in [-0.4, -0.2) is 41.8 Å². The molecule has 0 saturated carbocycles. The molecule has 1 aromatic heterocycles. The Bertz CT molecular complexity index is 1180. The van der Waals surface area contributed by atoms with Crippen LogP contribution in [0.15, 0.2) is 52.1 Å². The van der Waals surface area contributed by atoms with Gasteiger partial charge in [-0.1, -0.05) is 6.07 Å². The van der Waals surface area contributed by atoms with Gasteiger partial charge in [-0.25, -0.2) is 4.79 Å². The van der Waals surface area contributed by atoms with Crippen LogP contribution in [0.5, 0.6) is 0 Å². The van der Waals surface area contributed by atoms with Crippen LogP contribution < -0.4 is 21.5 Å². The number of ether oxygens (including phenoxy) is 1. The molecule has 0 bridgehead atoms. The summed E-state index contributed by atoms with van der Waals surface area (Å²) in [7, 11) is 0. The lowest BCUT2D eigenvalue weighted by Crippen LogP contribution is -2.36. The van der Waals surface area contributed by atoms with Crippen molar-refractivity contribution < 1.29 is 9.53 Å². The number of nitrogens with zero attached hydrogens (tertiary/aromatic N) is 2. The molecule has 0 spiro atoms. The van der Waals surface area contributed by atoms with E-state index in [1.54, 1.807) is 19.1 Å². The number of morpholine rings is 1. The molecular formula is C21H22N4O4. The molecule has 1 fully saturated rings. The molecule has 2 heterocycles. The van der Waals surface area contributed by atoms with Gasteiger partial charge < -0.3 is 19.9 Å². The van der Waals surface area contributed by atoms with Crippen LogP contribution in [-0.2, 0) is 11.3 Å². The third-order valence-electron chi connectivity index (χ3n) is 5.04. The van der Waals surface area contributed by atoms with Crippen LogP contribution in [0, 0.1) is 0 Å². The van der Waals surface area contributed by atoms with Gasteiger partial charge in [-0.05, 0) is 43.3 Å². The van der Waals surface area contributed by atoms with E-state index in [1.165, 1.54) is 6.07 Å². The molecule has 2 N–H and O–H groups in total. The zero-order valence-corrected chi connectivity index (χ0v) is 16.1. The number of fused-ring (bicyclic) bond motifs is 1. The second-order valence-electron chi connectivity index (χ2n) is 6.84. The first-order chi connectivity index (χ1) is 14.1. The van der Waals surface area contributed by atoms with Crippen LogP contribution in [0.3, 0.4) is 0 Å². The van der Waals surface area contributed by atoms with Crippen molar-refractivity contribution in [1.82, 2.24) is 9.55 Å². The van der Waals surface area contributed by atoms with Crippen molar-refractivity contribution in [3.63, 3.8) is 0 Å². The van der Waals surface area contributed by atoms with Crippen molar-refractivity contribution in [3.8, 4) is 0 Å². The predicted molar refractivity (Wildman–Crippen MR) is 112 cm³/mol. The second-order valence-corrected chi connectivity index (χ2v) is 6.84. The highest BCUT2D eigenvalue weighted by Gasteiger charge is 2.14. The van der Waals surface area contributed by atoms with Crippen molar-refractivity contribution in [2.45, 2.75) is 13.5 Å². The lowest BCUT2D eigenvalue weighted by Gasteiger charge is -2.29. The van der Waals surface area contributed by atoms with E-state index in [-0.39, 0.29) is 18.0 Å². The maximum Gasteiger partial charge on any atom is 0.328 e. The lowest BCUT2D eigenvalue weighted by atomic mass is 10.1. The summed E-state index contributed by atoms with van der Waals surface area (Å²) in [5.74, 6) is -0.313. The first-order valence-electron chi connectivity index (χ1n) is 9.58. The molecular weight excluding hydrogens is 372 g/mol. The normalized spacial score (nSPS) is 14.2. The molecule has 8 nitrogen and oxygen atoms in total. The smallest absolute Gasteiger partial charge is 0.328 e. The number of rotatable bonds is 4. The van der Waals surface area contributed by atoms with Crippen LogP contribution >= 0.6 is 0 Å². The fraction of sp³-hybridized carbons (Fsp3) is 0.286. The van der Waals surface area contributed by atoms with E-state index in [2.05, 4.69) is 15.2 Å². The van der Waals surface area contributed by atoms with Crippen LogP contribution in [0.4, 0.5) is 11.4 Å². The van der Waals surface area contributed by atoms with Gasteiger partial charge in [-0.15, -0.1) is 0 Å². The minimum atomic E-state index is -0.485. The number of H-pyrrole nitrogens is 1. The quantitative estimate of drug-likeness (QED) is 0.703. The summed E-state index contributed by atoms with van der Waals surface area (Å²) in [5, 5.41) is 3.25. The van der Waals surface area contributed by atoms with Gasteiger partial charge in [-0.2, -0.15) is 0 Å². The van der Waals surface area contributed by atoms with Crippen molar-refractivity contribution in [2.75, 3.05) is 36.5 Å². The van der Waals surface area contributed by atoms with Gasteiger partial charge >= 0.3 is 5.69 Å². The van der Waals surface area contributed by atoms with Gasteiger partial charge in [0.1, 0.15) is 0 Å². The van der Waals surface area contributed by atoms with Gasteiger partial charge in [0.25, 0.3) is 11.5 Å². The number of carbonyl (C=O) groups is 1. The summed E-state index contributed by atoms with van der Waals surface area (Å²) in [6, 6.07) is 12.3. The number of aromatic amines is 1. The average Bonchev–Trinajstić information content (AvgIpc) is 2.74. The first kappa shape index (κ1) is 18.9. The number of carbonyl (C=O) groups excluding carboxylic acids is 1. The maximum atomic E-state index is 12.7. The highest BCUT2D eigenvalue weighted by Crippen LogP contribution is 2.21. The van der Waals surface area contributed by atoms with Crippen molar-refractivity contribution in [1.29, 1.82) is 0 Å². The Balaban J connectivity index is 1.59. The molecule has 0 unspecified atom stereocenters. The largest absolute Gasteiger partial charge is 0.378 e. The number of hydrogen-bond donors (Lipinski definition) is 2. The van der Waals surface area contributed by atoms with Crippen molar-refractivity contribution in [3.05, 3.63) is 68.9 Å². The molecule has 1 aliphatic rings. The Morgan fingerprint density at radius 2 is 1.93 bits per heavy atom. The summed E-state index contributed by atoms with van der Waals surface area (Å²) < 4.78 is 6.50. The summed E-state index contributed by atoms with van der Waals surface area (Å²) in [6.45, 7) is 5.01. The minimum Gasteiger partial charge on any atom is -0.378 e. The minimum absolute atomic E-state index is 0.284. The van der Waals surface area contributed by atoms with E-state index in [1.807, 2.05) is 24.3 Å². The van der Waals surface area contributed by atoms with Gasteiger partial charge in [0.15, 0.2) is 0 Å². The molecule has 0 radical (unpaired) electrons. The molecule has 29 heavy (non-hydrogen) atoms. The molecule has 1 saturated heterocycles. The predicted octanol–water partition coefficient (Wildman–Crippen LogP) is 1.80. The maximum absolute atomic E-state index is 12.7. The zero-order valence-electron chi connectivity index (χ0n) is 16.1. The molecule has 0 atom stereocenters. The fourth-order valence-corrected chi connectivity index (χ4v) is 3.49. The summed E-state index contributed by atoms with van der Waals surface area (Å²) in [5.41, 5.74) is 1.55. The standard InChI is InChI=1S/C21H22N4O4/c1-2-25-20(27)17-7-6-14(12-18(17)23-21(25)28)19(26)22-15-4-3-5-16(13-15)24-8-10-29-11-9-24/h3-7,12-13H,2,8-11H2,1H3,(H,22,26)(H,23,28). The summed E-state index contributed by atoms with van der Waals surface area (Å²) >= 11 is 0. The van der Waals surface area contributed by atoms with E-state index >= 15 is 0 Å². The number of aromatic nitrogens is 2. The highest BCUT2D eigenvalue weighted by atomic mass is 16.5. The average molecular weight is 394 g/mol. The van der Waals surface area contributed by atoms with E-state index in [9.17, 15) is 14.4 Å². The Hall–Kier alpha value is -3.39. The van der Waals surface area contributed by atoms with E-state index in [0.717, 1.165) is 23.3 Å². The molecule has 2 aromatic carbocycles. The lowest BCUT2D eigenvalue weighted by molar-refractivity contribution is 0.102. The molecule has 1 aliphatic heterocycles. The summed E-state index contributed by atoms with van der Waals surface area (Å²) in [4.78, 5) is 42.0. The molecule has 0 aliphatic carbocycles. The van der Waals surface area contributed by atoms with Gasteiger partial charge in [0.05, 0.1) is 24.1 Å². The Morgan fingerprint density at radius 3 is 2.69 bits per heavy atom. The van der Waals surface area contributed by atoms with Crippen molar-refractivity contribution >= 4 is 28.2 Å². The van der Waals surface area contributed by atoms with E-state index in [0.29, 0.717) is 35.4 Å². The summed E-state index contributed by atoms with van der Waals surface area (Å²) in [6.07, 6.45) is 0. The van der Waals surface area contributed by atoms with Gasteiger partial charge in [0, 0.05) is 36.6 Å². The van der Waals surface area contributed by atoms with E-state index < -0.39 is 5.69 Å². The van der Waals surface area contributed by atoms with Gasteiger partial charge in [-0.3, -0.25) is 14.2 Å². The number of anilines is 2. The second kappa shape index (κ2) is 7.92. The number of amides is 1. The number of hydrogen-bond acceptors (Lipinski definition) is 5. The molecule has 4 rings (SSSR count). The van der Waals surface area contributed by atoms with Crippen LogP contribution in [0.2, 0.25) is 0 Å². The molecule has 1 amide bonds. The fourth-order valence-electron chi connectivity index (χ4n) is 3.49. The van der Waals surface area contributed by atoms with Crippen LogP contribution in [0.1, 0.15) is 17.3 Å². The highest BCUT2D eigenvalue weighted by molar-refractivity contribution is 6.06. The first-order valence-corrected chi connectivity index (χ1v) is 9.58. The third kappa shape index (κ3) is 3.79. The zero-order chi connectivity index (χ0) is 20.4. The number of benzene rings is 2. The van der Waals surface area contributed by atoms with E-state index in [4.69, 9.17) is 4.74 Å². The molecule has 3 aromatic rings. The third-order valence-corrected chi connectivity index (χ3v) is 5.04. The Morgan fingerprint density at radius 1 is 1.14 bits per heavy atom. The Kier molecular flexibility index (Phi) is 5.18. The Labute approximate surface area is 166 Å². The van der Waals surface area contributed by atoms with Gasteiger partial charge in [0.2, 0.25) is 0 Å². The van der Waals surface area contributed by atoms with Crippen molar-refractivity contribution in [2.24, 2.45) is 0 Å². The SMILES string of the molecule is CCn1c(=O)[nH]c2cc(C(=O)Nc3cccc(N4CCOCC4)c3)ccc2c1=O.